The van der Waals surface area contributed by atoms with E-state index in [2.05, 4.69) is 0 Å². The van der Waals surface area contributed by atoms with E-state index in [1.54, 1.807) is 0 Å². The highest BCUT2D eigenvalue weighted by Crippen LogP contribution is 2.14. The number of hydrogen-bond donors (Lipinski definition) is 1. The minimum absolute atomic E-state index is 0.608. The normalized spacial score (nSPS) is 12.3. The van der Waals surface area contributed by atoms with Gasteiger partial charge in [-0.2, -0.15) is 0 Å². The van der Waals surface area contributed by atoms with Crippen molar-refractivity contribution in [2.45, 2.75) is 18.2 Å². The van der Waals surface area contributed by atoms with Gasteiger partial charge in [0.1, 0.15) is 0 Å². The predicted molar refractivity (Wildman–Crippen MR) is 77.0 cm³/mol. The number of para-hydroxylation sites is 1. The van der Waals surface area contributed by atoms with Gasteiger partial charge in [-0.15, -0.1) is 0 Å². The monoisotopic (exact) mass is 259 g/mol. The van der Waals surface area contributed by atoms with Crippen molar-refractivity contribution in [1.82, 2.24) is 0 Å². The van der Waals surface area contributed by atoms with Crippen molar-refractivity contribution in [3.8, 4) is 0 Å². The Hall–Kier alpha value is -1.61. The lowest BCUT2D eigenvalue weighted by Gasteiger charge is -2.05. The first-order chi connectivity index (χ1) is 8.66. The molecule has 18 heavy (non-hydrogen) atoms. The zero-order chi connectivity index (χ0) is 13.0. The second-order valence-corrected chi connectivity index (χ2v) is 5.88. The van der Waals surface area contributed by atoms with Gasteiger partial charge in [0.25, 0.3) is 0 Å². The van der Waals surface area contributed by atoms with E-state index in [0.717, 1.165) is 22.6 Å². The molecule has 0 saturated heterocycles. The van der Waals surface area contributed by atoms with E-state index in [4.69, 9.17) is 5.73 Å². The number of hydrogen-bond acceptors (Lipinski definition) is 2. The average Bonchev–Trinajstić information content (AvgIpc) is 2.38. The van der Waals surface area contributed by atoms with E-state index in [1.165, 1.54) is 5.56 Å². The highest BCUT2D eigenvalue weighted by Gasteiger charge is 2.05. The van der Waals surface area contributed by atoms with Crippen molar-refractivity contribution >= 4 is 16.5 Å². The molecular weight excluding hydrogens is 242 g/mol. The van der Waals surface area contributed by atoms with Crippen LogP contribution in [0.15, 0.2) is 53.4 Å². The minimum atomic E-state index is -0.956. The molecule has 0 aliphatic heterocycles. The van der Waals surface area contributed by atoms with Crippen LogP contribution in [0.2, 0.25) is 0 Å². The van der Waals surface area contributed by atoms with Gasteiger partial charge in [0, 0.05) is 16.3 Å². The molecule has 2 aromatic carbocycles. The molecule has 0 bridgehead atoms. The van der Waals surface area contributed by atoms with Crippen LogP contribution in [0.4, 0.5) is 5.69 Å². The molecule has 0 amide bonds. The van der Waals surface area contributed by atoms with Gasteiger partial charge in [0.15, 0.2) is 0 Å². The Morgan fingerprint density at radius 1 is 1.06 bits per heavy atom. The van der Waals surface area contributed by atoms with Gasteiger partial charge in [-0.1, -0.05) is 35.9 Å². The summed E-state index contributed by atoms with van der Waals surface area (Å²) in [5, 5.41) is 0. The number of anilines is 1. The summed E-state index contributed by atoms with van der Waals surface area (Å²) in [7, 11) is -0.956. The molecule has 0 aliphatic carbocycles. The molecular formula is C15H17NOS. The number of rotatable bonds is 4. The highest BCUT2D eigenvalue weighted by molar-refractivity contribution is 7.85. The molecule has 94 valence electrons. The van der Waals surface area contributed by atoms with Crippen LogP contribution in [0.5, 0.6) is 0 Å². The average molecular weight is 259 g/mol. The smallest absolute Gasteiger partial charge is 0.0532 e. The van der Waals surface area contributed by atoms with Gasteiger partial charge in [-0.05, 0) is 37.1 Å². The number of nitrogen functional groups attached to an aromatic ring is 1. The Morgan fingerprint density at radius 2 is 1.72 bits per heavy atom. The summed E-state index contributed by atoms with van der Waals surface area (Å²) in [6, 6.07) is 15.6. The maximum absolute atomic E-state index is 12.1. The van der Waals surface area contributed by atoms with E-state index < -0.39 is 10.8 Å². The van der Waals surface area contributed by atoms with Gasteiger partial charge in [-0.3, -0.25) is 4.21 Å². The lowest BCUT2D eigenvalue weighted by Crippen LogP contribution is -2.03. The van der Waals surface area contributed by atoms with Crippen LogP contribution in [-0.4, -0.2) is 9.96 Å². The Kier molecular flexibility index (Phi) is 4.15. The fraction of sp³-hybridized carbons (Fsp3) is 0.200. The summed E-state index contributed by atoms with van der Waals surface area (Å²) in [5.74, 6) is 0.608. The molecule has 3 heteroatoms. The molecule has 0 fully saturated rings. The van der Waals surface area contributed by atoms with Gasteiger partial charge < -0.3 is 5.73 Å². The second kappa shape index (κ2) is 5.83. The number of aryl methyl sites for hydroxylation is 2. The molecule has 0 saturated carbocycles. The minimum Gasteiger partial charge on any atom is -0.399 e. The van der Waals surface area contributed by atoms with Crippen molar-refractivity contribution in [3.05, 3.63) is 59.7 Å². The molecule has 0 radical (unpaired) electrons. The van der Waals surface area contributed by atoms with Crippen LogP contribution < -0.4 is 5.73 Å². The first kappa shape index (κ1) is 12.8. The van der Waals surface area contributed by atoms with Crippen LogP contribution in [0, 0.1) is 6.92 Å². The molecule has 2 N–H and O–H groups in total. The predicted octanol–water partition coefficient (Wildman–Crippen LogP) is 2.93. The molecule has 0 heterocycles. The van der Waals surface area contributed by atoms with Gasteiger partial charge in [0.2, 0.25) is 0 Å². The Labute approximate surface area is 110 Å². The lowest BCUT2D eigenvalue weighted by atomic mass is 10.1. The SMILES string of the molecule is Cc1ccc(S(=O)CCc2ccccc2N)cc1. The fourth-order valence-electron chi connectivity index (χ4n) is 1.77. The van der Waals surface area contributed by atoms with E-state index >= 15 is 0 Å². The van der Waals surface area contributed by atoms with Crippen LogP contribution in [0.1, 0.15) is 11.1 Å². The maximum Gasteiger partial charge on any atom is 0.0532 e. The van der Waals surface area contributed by atoms with Crippen LogP contribution in [-0.2, 0) is 17.2 Å². The third-order valence-corrected chi connectivity index (χ3v) is 4.27. The lowest BCUT2D eigenvalue weighted by molar-refractivity contribution is 0.682. The van der Waals surface area contributed by atoms with Gasteiger partial charge >= 0.3 is 0 Å². The van der Waals surface area contributed by atoms with Crippen molar-refractivity contribution in [1.29, 1.82) is 0 Å². The van der Waals surface area contributed by atoms with Gasteiger partial charge in [-0.25, -0.2) is 0 Å². The third kappa shape index (κ3) is 3.20. The molecule has 0 spiro atoms. The second-order valence-electron chi connectivity index (χ2n) is 4.31. The molecule has 0 aromatic heterocycles. The Morgan fingerprint density at radius 3 is 2.39 bits per heavy atom. The summed E-state index contributed by atoms with van der Waals surface area (Å²) in [6.45, 7) is 2.03. The first-order valence-electron chi connectivity index (χ1n) is 5.95. The van der Waals surface area contributed by atoms with E-state index in [-0.39, 0.29) is 0 Å². The summed E-state index contributed by atoms with van der Waals surface area (Å²) >= 11 is 0. The summed E-state index contributed by atoms with van der Waals surface area (Å²) in [6.07, 6.45) is 0.743. The fourth-order valence-corrected chi connectivity index (χ4v) is 2.85. The Balaban J connectivity index is 2.01. The first-order valence-corrected chi connectivity index (χ1v) is 7.27. The van der Waals surface area contributed by atoms with Gasteiger partial charge in [0.05, 0.1) is 10.8 Å². The summed E-state index contributed by atoms with van der Waals surface area (Å²) < 4.78 is 12.1. The largest absolute Gasteiger partial charge is 0.399 e. The zero-order valence-corrected chi connectivity index (χ0v) is 11.2. The van der Waals surface area contributed by atoms with Crippen LogP contribution in [0.25, 0.3) is 0 Å². The molecule has 2 nitrogen and oxygen atoms in total. The van der Waals surface area contributed by atoms with Crippen molar-refractivity contribution in [2.24, 2.45) is 0 Å². The van der Waals surface area contributed by atoms with Crippen LogP contribution in [0.3, 0.4) is 0 Å². The molecule has 2 rings (SSSR count). The molecule has 0 aliphatic rings. The van der Waals surface area contributed by atoms with E-state index in [1.807, 2.05) is 55.5 Å². The Bertz CT molecular complexity index is 549. The summed E-state index contributed by atoms with van der Waals surface area (Å²) in [4.78, 5) is 0.884. The molecule has 1 unspecified atom stereocenters. The van der Waals surface area contributed by atoms with Crippen molar-refractivity contribution in [2.75, 3.05) is 11.5 Å². The quantitative estimate of drug-likeness (QED) is 0.858. The van der Waals surface area contributed by atoms with Crippen LogP contribution >= 0.6 is 0 Å². The van der Waals surface area contributed by atoms with E-state index in [0.29, 0.717) is 5.75 Å². The standard InChI is InChI=1S/C15H17NOS/c1-12-6-8-14(9-7-12)18(17)11-10-13-4-2-3-5-15(13)16/h2-9H,10-11,16H2,1H3. The number of nitrogens with two attached hydrogens (primary N) is 1. The van der Waals surface area contributed by atoms with Crippen molar-refractivity contribution < 1.29 is 4.21 Å². The number of benzene rings is 2. The molecule has 1 atom stereocenters. The molecule has 2 aromatic rings. The maximum atomic E-state index is 12.1. The van der Waals surface area contributed by atoms with E-state index in [9.17, 15) is 4.21 Å². The highest BCUT2D eigenvalue weighted by atomic mass is 32.2. The zero-order valence-electron chi connectivity index (χ0n) is 10.4. The third-order valence-electron chi connectivity index (χ3n) is 2.90. The topological polar surface area (TPSA) is 43.1 Å². The summed E-state index contributed by atoms with van der Waals surface area (Å²) in [5.41, 5.74) is 8.89. The van der Waals surface area contributed by atoms with Crippen molar-refractivity contribution in [3.63, 3.8) is 0 Å².